The summed E-state index contributed by atoms with van der Waals surface area (Å²) in [6, 6.07) is 7.80. The van der Waals surface area contributed by atoms with E-state index in [0.29, 0.717) is 5.92 Å². The number of nitrogens with zero attached hydrogens (tertiary/aromatic N) is 2. The van der Waals surface area contributed by atoms with E-state index in [1.165, 1.54) is 12.8 Å². The fourth-order valence-corrected chi connectivity index (χ4v) is 3.71. The monoisotopic (exact) mass is 340 g/mol. The van der Waals surface area contributed by atoms with Crippen molar-refractivity contribution in [1.29, 1.82) is 0 Å². The number of carbonyl (C=O) groups excluding carboxylic acids is 2. The van der Waals surface area contributed by atoms with Crippen molar-refractivity contribution in [3.63, 3.8) is 0 Å². The first-order chi connectivity index (χ1) is 12.2. The van der Waals surface area contributed by atoms with Gasteiger partial charge in [0.2, 0.25) is 11.8 Å². The first-order valence-electron chi connectivity index (χ1n) is 9.16. The van der Waals surface area contributed by atoms with Gasteiger partial charge in [0.05, 0.1) is 11.7 Å². The van der Waals surface area contributed by atoms with Gasteiger partial charge in [0.15, 0.2) is 0 Å². The van der Waals surface area contributed by atoms with Crippen LogP contribution in [0.25, 0.3) is 10.9 Å². The van der Waals surface area contributed by atoms with Gasteiger partial charge in [-0.25, -0.2) is 0 Å². The maximum Gasteiger partial charge on any atom is 0.245 e. The predicted octanol–water partition coefficient (Wildman–Crippen LogP) is 1.99. The van der Waals surface area contributed by atoms with Crippen LogP contribution < -0.4 is 10.6 Å². The number of amides is 2. The van der Waals surface area contributed by atoms with E-state index in [2.05, 4.69) is 15.7 Å². The Kier molecular flexibility index (Phi) is 4.19. The molecule has 0 spiro atoms. The van der Waals surface area contributed by atoms with Gasteiger partial charge in [0.1, 0.15) is 12.1 Å². The highest BCUT2D eigenvalue weighted by atomic mass is 16.2. The molecule has 0 bridgehead atoms. The number of rotatable bonds is 6. The minimum atomic E-state index is -0.741. The number of benzene rings is 1. The van der Waals surface area contributed by atoms with E-state index in [0.717, 1.165) is 43.1 Å². The molecule has 2 amide bonds. The quantitative estimate of drug-likeness (QED) is 0.844. The van der Waals surface area contributed by atoms with E-state index < -0.39 is 5.54 Å². The lowest BCUT2D eigenvalue weighted by atomic mass is 9.96. The Balaban J connectivity index is 1.44. The second-order valence-corrected chi connectivity index (χ2v) is 7.35. The Labute approximate surface area is 147 Å². The Bertz CT molecular complexity index is 788. The molecule has 2 aliphatic rings. The van der Waals surface area contributed by atoms with Crippen LogP contribution in [-0.4, -0.2) is 33.7 Å². The molecule has 0 aliphatic heterocycles. The third kappa shape index (κ3) is 3.38. The Morgan fingerprint density at radius 3 is 2.72 bits per heavy atom. The third-order valence-corrected chi connectivity index (χ3v) is 5.36. The molecule has 4 rings (SSSR count). The van der Waals surface area contributed by atoms with Crippen molar-refractivity contribution in [2.24, 2.45) is 5.92 Å². The van der Waals surface area contributed by atoms with Crippen LogP contribution >= 0.6 is 0 Å². The normalized spacial score (nSPS) is 19.0. The van der Waals surface area contributed by atoms with Gasteiger partial charge in [-0.05, 0) is 37.7 Å². The number of para-hydroxylation sites is 1. The van der Waals surface area contributed by atoms with Gasteiger partial charge in [0, 0.05) is 11.9 Å². The van der Waals surface area contributed by atoms with Crippen molar-refractivity contribution in [3.05, 3.63) is 30.5 Å². The smallest absolute Gasteiger partial charge is 0.245 e. The first-order valence-corrected chi connectivity index (χ1v) is 9.16. The molecule has 1 heterocycles. The number of nitrogens with one attached hydrogen (secondary N) is 2. The molecule has 2 fully saturated rings. The van der Waals surface area contributed by atoms with Crippen molar-refractivity contribution in [3.8, 4) is 0 Å². The maximum atomic E-state index is 12.7. The lowest BCUT2D eigenvalue weighted by Crippen LogP contribution is -2.58. The van der Waals surface area contributed by atoms with Crippen LogP contribution in [0.5, 0.6) is 0 Å². The zero-order valence-electron chi connectivity index (χ0n) is 14.3. The predicted molar refractivity (Wildman–Crippen MR) is 94.8 cm³/mol. The number of carbonyl (C=O) groups is 2. The zero-order valence-corrected chi connectivity index (χ0v) is 14.3. The maximum absolute atomic E-state index is 12.7. The van der Waals surface area contributed by atoms with Crippen molar-refractivity contribution in [1.82, 2.24) is 20.4 Å². The standard InChI is InChI=1S/C19H24N4O2/c24-17(13-23-16-6-2-1-5-15(16)12-21-23)22-19(9-3-4-10-19)18(25)20-11-14-7-8-14/h1-2,5-6,12,14H,3-4,7-11,13H2,(H,20,25)(H,22,24). The minimum Gasteiger partial charge on any atom is -0.354 e. The SMILES string of the molecule is O=C(Cn1ncc2ccccc21)NC1(C(=O)NCC2CC2)CCCC1. The molecule has 6 nitrogen and oxygen atoms in total. The minimum absolute atomic E-state index is 0.0180. The summed E-state index contributed by atoms with van der Waals surface area (Å²) in [7, 11) is 0. The molecule has 2 N–H and O–H groups in total. The van der Waals surface area contributed by atoms with Crippen LogP contribution in [0.2, 0.25) is 0 Å². The number of fused-ring (bicyclic) bond motifs is 1. The van der Waals surface area contributed by atoms with Gasteiger partial charge in [-0.1, -0.05) is 31.0 Å². The van der Waals surface area contributed by atoms with Crippen LogP contribution in [0.15, 0.2) is 30.5 Å². The third-order valence-electron chi connectivity index (χ3n) is 5.36. The Morgan fingerprint density at radius 1 is 1.20 bits per heavy atom. The second kappa shape index (κ2) is 6.50. The highest BCUT2D eigenvalue weighted by Crippen LogP contribution is 2.31. The van der Waals surface area contributed by atoms with Gasteiger partial charge in [-0.15, -0.1) is 0 Å². The molecule has 2 aromatic rings. The van der Waals surface area contributed by atoms with E-state index in [9.17, 15) is 9.59 Å². The van der Waals surface area contributed by atoms with E-state index in [1.807, 2.05) is 24.3 Å². The summed E-state index contributed by atoms with van der Waals surface area (Å²) < 4.78 is 1.69. The lowest BCUT2D eigenvalue weighted by Gasteiger charge is -2.29. The van der Waals surface area contributed by atoms with Crippen LogP contribution in [0.3, 0.4) is 0 Å². The van der Waals surface area contributed by atoms with E-state index in [1.54, 1.807) is 10.9 Å². The molecule has 0 atom stereocenters. The molecule has 132 valence electrons. The summed E-state index contributed by atoms with van der Waals surface area (Å²) >= 11 is 0. The first kappa shape index (κ1) is 16.1. The summed E-state index contributed by atoms with van der Waals surface area (Å²) in [5.74, 6) is 0.460. The summed E-state index contributed by atoms with van der Waals surface area (Å²) in [5.41, 5.74) is 0.186. The van der Waals surface area contributed by atoms with Crippen LogP contribution in [0.1, 0.15) is 38.5 Å². The molecular formula is C19H24N4O2. The van der Waals surface area contributed by atoms with Gasteiger partial charge in [-0.3, -0.25) is 14.3 Å². The highest BCUT2D eigenvalue weighted by molar-refractivity contribution is 5.92. The van der Waals surface area contributed by atoms with Crippen molar-refractivity contribution in [2.45, 2.75) is 50.6 Å². The van der Waals surface area contributed by atoms with Crippen LogP contribution in [0.4, 0.5) is 0 Å². The summed E-state index contributed by atoms with van der Waals surface area (Å²) in [6.45, 7) is 0.866. The molecule has 25 heavy (non-hydrogen) atoms. The van der Waals surface area contributed by atoms with Crippen molar-refractivity contribution >= 4 is 22.7 Å². The number of hydrogen-bond donors (Lipinski definition) is 2. The topological polar surface area (TPSA) is 76.0 Å². The van der Waals surface area contributed by atoms with Crippen LogP contribution in [0, 0.1) is 5.92 Å². The zero-order chi connectivity index (χ0) is 17.3. The fraction of sp³-hybridized carbons (Fsp3) is 0.526. The fourth-order valence-electron chi connectivity index (χ4n) is 3.71. The highest BCUT2D eigenvalue weighted by Gasteiger charge is 2.42. The number of hydrogen-bond acceptors (Lipinski definition) is 3. The molecular weight excluding hydrogens is 316 g/mol. The molecule has 6 heteroatoms. The van der Waals surface area contributed by atoms with Crippen molar-refractivity contribution < 1.29 is 9.59 Å². The van der Waals surface area contributed by atoms with E-state index in [-0.39, 0.29) is 18.4 Å². The Hall–Kier alpha value is -2.37. The van der Waals surface area contributed by atoms with Gasteiger partial charge < -0.3 is 10.6 Å². The van der Waals surface area contributed by atoms with Gasteiger partial charge in [-0.2, -0.15) is 5.10 Å². The van der Waals surface area contributed by atoms with Gasteiger partial charge in [0.25, 0.3) is 0 Å². The van der Waals surface area contributed by atoms with Gasteiger partial charge >= 0.3 is 0 Å². The molecule has 0 unspecified atom stereocenters. The summed E-state index contributed by atoms with van der Waals surface area (Å²) in [4.78, 5) is 25.3. The molecule has 1 aromatic heterocycles. The van der Waals surface area contributed by atoms with E-state index >= 15 is 0 Å². The number of aromatic nitrogens is 2. The molecule has 1 aromatic carbocycles. The molecule has 2 saturated carbocycles. The van der Waals surface area contributed by atoms with E-state index in [4.69, 9.17) is 0 Å². The summed E-state index contributed by atoms with van der Waals surface area (Å²) in [5, 5.41) is 11.4. The van der Waals surface area contributed by atoms with Crippen molar-refractivity contribution in [2.75, 3.05) is 6.54 Å². The molecule has 0 saturated heterocycles. The largest absolute Gasteiger partial charge is 0.354 e. The molecule has 0 radical (unpaired) electrons. The molecule has 2 aliphatic carbocycles. The summed E-state index contributed by atoms with van der Waals surface area (Å²) in [6.07, 6.45) is 7.54. The second-order valence-electron chi connectivity index (χ2n) is 7.35. The Morgan fingerprint density at radius 2 is 1.96 bits per heavy atom. The lowest BCUT2D eigenvalue weighted by molar-refractivity contribution is -0.133. The van der Waals surface area contributed by atoms with Crippen LogP contribution in [-0.2, 0) is 16.1 Å². The average molecular weight is 340 g/mol. The average Bonchev–Trinajstić information content (AvgIpc) is 3.18.